The second-order valence-corrected chi connectivity index (χ2v) is 5.42. The van der Waals surface area contributed by atoms with Gasteiger partial charge in [0.2, 0.25) is 0 Å². The lowest BCUT2D eigenvalue weighted by Gasteiger charge is -2.07. The molecule has 0 saturated heterocycles. The summed E-state index contributed by atoms with van der Waals surface area (Å²) in [7, 11) is 0. The van der Waals surface area contributed by atoms with Gasteiger partial charge in [0.15, 0.2) is 0 Å². The minimum atomic E-state index is 1.13. The van der Waals surface area contributed by atoms with Crippen LogP contribution in [-0.2, 0) is 0 Å². The first-order valence-electron chi connectivity index (χ1n) is 7.46. The molecular weight excluding hydrogens is 264 g/mol. The molecule has 0 fully saturated rings. The van der Waals surface area contributed by atoms with Crippen LogP contribution in [0, 0.1) is 6.07 Å². The maximum atomic E-state index is 3.30. The molecule has 0 spiro atoms. The van der Waals surface area contributed by atoms with Crippen molar-refractivity contribution in [3.8, 4) is 22.3 Å². The second-order valence-electron chi connectivity index (χ2n) is 5.42. The highest BCUT2D eigenvalue weighted by Gasteiger charge is 2.02. The Hall–Kier alpha value is -2.86. The van der Waals surface area contributed by atoms with E-state index in [0.29, 0.717) is 0 Å². The van der Waals surface area contributed by atoms with Gasteiger partial charge in [-0.2, -0.15) is 0 Å². The van der Waals surface area contributed by atoms with Crippen molar-refractivity contribution in [2.45, 2.75) is 0 Å². The van der Waals surface area contributed by atoms with E-state index < -0.39 is 0 Å². The third-order valence-corrected chi connectivity index (χ3v) is 3.97. The Morgan fingerprint density at radius 2 is 1.23 bits per heavy atom. The van der Waals surface area contributed by atoms with E-state index >= 15 is 0 Å². The Morgan fingerprint density at radius 1 is 0.500 bits per heavy atom. The minimum Gasteiger partial charge on any atom is -0.0622 e. The van der Waals surface area contributed by atoms with Crippen molar-refractivity contribution >= 4 is 10.8 Å². The molecule has 0 unspecified atom stereocenters. The maximum Gasteiger partial charge on any atom is -0.00992 e. The van der Waals surface area contributed by atoms with Crippen LogP contribution in [0.15, 0.2) is 91.0 Å². The van der Waals surface area contributed by atoms with Crippen LogP contribution in [0.2, 0.25) is 0 Å². The highest BCUT2D eigenvalue weighted by Crippen LogP contribution is 2.28. The summed E-state index contributed by atoms with van der Waals surface area (Å²) in [4.78, 5) is 0. The normalized spacial score (nSPS) is 10.7. The van der Waals surface area contributed by atoms with E-state index in [0.717, 1.165) is 5.56 Å². The van der Waals surface area contributed by atoms with Crippen LogP contribution in [0.1, 0.15) is 0 Å². The molecule has 0 heterocycles. The molecule has 0 aromatic heterocycles. The van der Waals surface area contributed by atoms with Crippen LogP contribution in [0.5, 0.6) is 0 Å². The van der Waals surface area contributed by atoms with Crippen LogP contribution >= 0.6 is 0 Å². The van der Waals surface area contributed by atoms with Crippen molar-refractivity contribution in [3.05, 3.63) is 97.1 Å². The zero-order valence-corrected chi connectivity index (χ0v) is 12.2. The van der Waals surface area contributed by atoms with Gasteiger partial charge in [0.25, 0.3) is 0 Å². The van der Waals surface area contributed by atoms with E-state index in [-0.39, 0.29) is 0 Å². The Labute approximate surface area is 130 Å². The summed E-state index contributed by atoms with van der Waals surface area (Å²) in [6.45, 7) is 0. The monoisotopic (exact) mass is 279 g/mol. The molecule has 0 aliphatic rings. The Bertz CT molecular complexity index is 832. The van der Waals surface area contributed by atoms with Crippen molar-refractivity contribution in [1.82, 2.24) is 0 Å². The van der Waals surface area contributed by atoms with Gasteiger partial charge < -0.3 is 0 Å². The molecule has 0 bridgehead atoms. The molecule has 0 aliphatic heterocycles. The summed E-state index contributed by atoms with van der Waals surface area (Å²) < 4.78 is 0. The molecule has 4 aromatic rings. The van der Waals surface area contributed by atoms with Gasteiger partial charge in [-0.1, -0.05) is 78.9 Å². The van der Waals surface area contributed by atoms with Gasteiger partial charge in [-0.05, 0) is 51.2 Å². The van der Waals surface area contributed by atoms with E-state index in [2.05, 4.69) is 78.9 Å². The maximum absolute atomic E-state index is 3.30. The molecule has 0 aliphatic carbocycles. The third kappa shape index (κ3) is 2.40. The van der Waals surface area contributed by atoms with Gasteiger partial charge in [0, 0.05) is 0 Å². The number of fused-ring (bicyclic) bond motifs is 1. The summed E-state index contributed by atoms with van der Waals surface area (Å²) in [5.41, 5.74) is 4.84. The Balaban J connectivity index is 1.85. The largest absolute Gasteiger partial charge is 0.0622 e. The second kappa shape index (κ2) is 5.50. The van der Waals surface area contributed by atoms with Gasteiger partial charge >= 0.3 is 0 Å². The first kappa shape index (κ1) is 12.8. The van der Waals surface area contributed by atoms with E-state index in [1.54, 1.807) is 0 Å². The zero-order valence-electron chi connectivity index (χ0n) is 12.2. The van der Waals surface area contributed by atoms with Crippen molar-refractivity contribution in [2.24, 2.45) is 0 Å². The van der Waals surface area contributed by atoms with Gasteiger partial charge in [0.1, 0.15) is 0 Å². The van der Waals surface area contributed by atoms with Crippen LogP contribution in [0.3, 0.4) is 0 Å². The summed E-state index contributed by atoms with van der Waals surface area (Å²) in [5, 5.41) is 2.52. The van der Waals surface area contributed by atoms with Gasteiger partial charge in [-0.3, -0.25) is 0 Å². The standard InChI is InChI=1S/C22H15/c1-3-7-17(8-4-1)20-13-11-19-12-14-21(16-22(19)15-20)18-9-5-2-6-10-18/h1-9,11-16H. The third-order valence-electron chi connectivity index (χ3n) is 3.97. The quantitative estimate of drug-likeness (QED) is 0.424. The minimum absolute atomic E-state index is 1.13. The average Bonchev–Trinajstić information content (AvgIpc) is 2.62. The molecule has 0 saturated carbocycles. The first-order valence-corrected chi connectivity index (χ1v) is 7.46. The summed E-state index contributed by atoms with van der Waals surface area (Å²) >= 11 is 0. The summed E-state index contributed by atoms with van der Waals surface area (Å²) in [6, 6.07) is 35.1. The van der Waals surface area contributed by atoms with Crippen LogP contribution in [-0.4, -0.2) is 0 Å². The molecule has 22 heavy (non-hydrogen) atoms. The molecular formula is C22H15. The smallest absolute Gasteiger partial charge is 0.00992 e. The van der Waals surface area contributed by atoms with E-state index in [4.69, 9.17) is 0 Å². The molecule has 0 nitrogen and oxygen atoms in total. The number of hydrogen-bond donors (Lipinski definition) is 0. The van der Waals surface area contributed by atoms with Crippen molar-refractivity contribution in [1.29, 1.82) is 0 Å². The van der Waals surface area contributed by atoms with Gasteiger partial charge in [0.05, 0.1) is 0 Å². The molecule has 103 valence electrons. The van der Waals surface area contributed by atoms with Crippen LogP contribution < -0.4 is 0 Å². The van der Waals surface area contributed by atoms with Gasteiger partial charge in [-0.25, -0.2) is 0 Å². The van der Waals surface area contributed by atoms with E-state index in [1.807, 2.05) is 18.2 Å². The molecule has 0 atom stereocenters. The fourth-order valence-corrected chi connectivity index (χ4v) is 2.80. The van der Waals surface area contributed by atoms with Crippen molar-refractivity contribution in [2.75, 3.05) is 0 Å². The number of rotatable bonds is 2. The molecule has 0 heteroatoms. The molecule has 4 aromatic carbocycles. The van der Waals surface area contributed by atoms with Crippen molar-refractivity contribution < 1.29 is 0 Å². The lowest BCUT2D eigenvalue weighted by atomic mass is 9.98. The SMILES string of the molecule is [c]1ccccc1-c1ccc2ccc(-c3ccccc3)cc2c1. The lowest BCUT2D eigenvalue weighted by Crippen LogP contribution is -1.81. The topological polar surface area (TPSA) is 0 Å². The van der Waals surface area contributed by atoms with Gasteiger partial charge in [-0.15, -0.1) is 0 Å². The highest BCUT2D eigenvalue weighted by atomic mass is 14.1. The fourth-order valence-electron chi connectivity index (χ4n) is 2.80. The van der Waals surface area contributed by atoms with Crippen LogP contribution in [0.25, 0.3) is 33.0 Å². The summed E-state index contributed by atoms with van der Waals surface area (Å²) in [6.07, 6.45) is 0. The fraction of sp³-hybridized carbons (Fsp3) is 0. The molecule has 1 radical (unpaired) electrons. The Kier molecular flexibility index (Phi) is 3.21. The predicted octanol–water partition coefficient (Wildman–Crippen LogP) is 5.97. The summed E-state index contributed by atoms with van der Waals surface area (Å²) in [5.74, 6) is 0. The molecule has 0 amide bonds. The average molecular weight is 279 g/mol. The van der Waals surface area contributed by atoms with E-state index in [9.17, 15) is 0 Å². The zero-order chi connectivity index (χ0) is 14.8. The lowest BCUT2D eigenvalue weighted by molar-refractivity contribution is 1.62. The number of hydrogen-bond acceptors (Lipinski definition) is 0. The molecule has 4 rings (SSSR count). The highest BCUT2D eigenvalue weighted by molar-refractivity contribution is 5.90. The van der Waals surface area contributed by atoms with E-state index in [1.165, 1.54) is 27.5 Å². The molecule has 0 N–H and O–H groups in total. The first-order chi connectivity index (χ1) is 10.9. The Morgan fingerprint density at radius 3 is 2.00 bits per heavy atom. The number of benzene rings is 4. The van der Waals surface area contributed by atoms with Crippen molar-refractivity contribution in [3.63, 3.8) is 0 Å². The predicted molar refractivity (Wildman–Crippen MR) is 93.7 cm³/mol. The van der Waals surface area contributed by atoms with Crippen LogP contribution in [0.4, 0.5) is 0 Å².